The van der Waals surface area contributed by atoms with E-state index in [-0.39, 0.29) is 35.2 Å². The van der Waals surface area contributed by atoms with Gasteiger partial charge in [-0.05, 0) is 62.6 Å². The summed E-state index contributed by atoms with van der Waals surface area (Å²) < 4.78 is 0. The van der Waals surface area contributed by atoms with Gasteiger partial charge in [0.1, 0.15) is 12.9 Å². The van der Waals surface area contributed by atoms with Crippen LogP contribution < -0.4 is 0 Å². The van der Waals surface area contributed by atoms with E-state index in [1.807, 2.05) is 13.8 Å². The van der Waals surface area contributed by atoms with Crippen LogP contribution in [-0.4, -0.2) is 23.7 Å². The zero-order valence-electron chi connectivity index (χ0n) is 15.3. The first kappa shape index (κ1) is 16.4. The van der Waals surface area contributed by atoms with Crippen LogP contribution in [0, 0.1) is 44.4 Å². The second-order valence-electron chi connectivity index (χ2n) is 7.86. The molecule has 1 aromatic carbocycles. The van der Waals surface area contributed by atoms with E-state index in [2.05, 4.69) is 24.2 Å². The van der Waals surface area contributed by atoms with E-state index in [1.54, 1.807) is 7.11 Å². The number of aliphatic hydroxyl groups is 1. The molecule has 4 atom stereocenters. The maximum atomic E-state index is 13.3. The monoisotopic (exact) mass is 339 g/mol. The topological polar surface area (TPSA) is 58.9 Å². The summed E-state index contributed by atoms with van der Waals surface area (Å²) in [6.07, 6.45) is 2.83. The largest absolute Gasteiger partial charge is 0.511 e. The van der Waals surface area contributed by atoms with Crippen LogP contribution in [0.4, 0.5) is 0 Å². The van der Waals surface area contributed by atoms with Gasteiger partial charge in [0.25, 0.3) is 0 Å². The van der Waals surface area contributed by atoms with Gasteiger partial charge in [0, 0.05) is 17.8 Å². The molecule has 0 spiro atoms. The number of ketones is 1. The van der Waals surface area contributed by atoms with E-state index in [9.17, 15) is 9.90 Å². The van der Waals surface area contributed by atoms with Gasteiger partial charge in [-0.25, -0.2) is 0 Å². The third kappa shape index (κ3) is 2.26. The lowest BCUT2D eigenvalue weighted by Crippen LogP contribution is -2.46. The highest BCUT2D eigenvalue weighted by Crippen LogP contribution is 2.56. The van der Waals surface area contributed by atoms with E-state index in [4.69, 9.17) is 4.84 Å². The molecule has 1 N–H and O–H groups in total. The number of aryl methyl sites for hydroxylation is 3. The van der Waals surface area contributed by atoms with Gasteiger partial charge in [0.05, 0.1) is 11.3 Å². The minimum Gasteiger partial charge on any atom is -0.511 e. The number of carbonyl (C=O) groups is 1. The molecule has 0 saturated heterocycles. The molecule has 25 heavy (non-hydrogen) atoms. The van der Waals surface area contributed by atoms with Gasteiger partial charge in [-0.15, -0.1) is 0 Å². The Labute approximate surface area is 148 Å². The number of allylic oxidation sites excluding steroid dienone is 2. The van der Waals surface area contributed by atoms with Gasteiger partial charge in [0.15, 0.2) is 5.78 Å². The number of hydrogen-bond acceptors (Lipinski definition) is 4. The molecule has 0 radical (unpaired) electrons. The van der Waals surface area contributed by atoms with Crippen LogP contribution >= 0.6 is 0 Å². The van der Waals surface area contributed by atoms with E-state index >= 15 is 0 Å². The normalized spacial score (nSPS) is 32.5. The molecule has 0 heterocycles. The molecular formula is C21H25NO3. The first-order chi connectivity index (χ1) is 11.9. The molecule has 4 aliphatic carbocycles. The first-order valence-corrected chi connectivity index (χ1v) is 9.09. The van der Waals surface area contributed by atoms with Crippen molar-refractivity contribution in [2.75, 3.05) is 7.11 Å². The molecule has 0 amide bonds. The average molecular weight is 339 g/mol. The lowest BCUT2D eigenvalue weighted by atomic mass is 9.58. The molecule has 4 aliphatic rings. The van der Waals surface area contributed by atoms with Crippen molar-refractivity contribution in [3.05, 3.63) is 40.1 Å². The minimum absolute atomic E-state index is 0.0929. The maximum absolute atomic E-state index is 13.3. The van der Waals surface area contributed by atoms with Gasteiger partial charge in [-0.2, -0.15) is 0 Å². The summed E-state index contributed by atoms with van der Waals surface area (Å²) in [6, 6.07) is 4.18. The number of carbonyl (C=O) groups excluding carboxylic acids is 1. The summed E-state index contributed by atoms with van der Waals surface area (Å²) in [5, 5.41) is 15.3. The second kappa shape index (κ2) is 5.72. The Morgan fingerprint density at radius 3 is 2.44 bits per heavy atom. The molecule has 4 heteroatoms. The highest BCUT2D eigenvalue weighted by atomic mass is 16.6. The molecule has 2 bridgehead atoms. The van der Waals surface area contributed by atoms with Crippen molar-refractivity contribution in [2.24, 2.45) is 28.8 Å². The van der Waals surface area contributed by atoms with Crippen LogP contribution in [-0.2, 0) is 9.63 Å². The number of nitrogens with zero attached hydrogens (tertiary/aromatic N) is 1. The quantitative estimate of drug-likeness (QED) is 0.824. The van der Waals surface area contributed by atoms with Crippen LogP contribution in [0.25, 0.3) is 5.57 Å². The Balaban J connectivity index is 1.85. The van der Waals surface area contributed by atoms with Gasteiger partial charge < -0.3 is 9.94 Å². The van der Waals surface area contributed by atoms with Crippen LogP contribution in [0.2, 0.25) is 0 Å². The lowest BCUT2D eigenvalue weighted by Gasteiger charge is -2.45. The third-order valence-electron chi connectivity index (χ3n) is 6.33. The number of hydrogen-bond donors (Lipinski definition) is 1. The molecule has 4 nitrogen and oxygen atoms in total. The molecule has 0 aromatic heterocycles. The number of aliphatic hydroxyl groups excluding tert-OH is 1. The SMILES string of the molecule is CO/N=C1/C[C@H]2CC[C@@H]1[C@H]1C(O)=C(c3c(C)cc(C)cc3C)C(=O)[C@@H]21. The number of benzene rings is 1. The Hall–Kier alpha value is -2.10. The molecule has 5 rings (SSSR count). The van der Waals surface area contributed by atoms with Gasteiger partial charge in [0.2, 0.25) is 0 Å². The molecule has 0 aliphatic heterocycles. The first-order valence-electron chi connectivity index (χ1n) is 9.09. The predicted molar refractivity (Wildman–Crippen MR) is 97.5 cm³/mol. The van der Waals surface area contributed by atoms with Crippen molar-refractivity contribution in [1.29, 1.82) is 0 Å². The summed E-state index contributed by atoms with van der Waals surface area (Å²) >= 11 is 0. The number of oxime groups is 1. The fourth-order valence-corrected chi connectivity index (χ4v) is 5.56. The second-order valence-corrected chi connectivity index (χ2v) is 7.86. The average Bonchev–Trinajstić information content (AvgIpc) is 2.82. The molecule has 1 aromatic rings. The number of fused-ring (bicyclic) bond motifs is 2. The molecule has 3 fully saturated rings. The number of rotatable bonds is 2. The van der Waals surface area contributed by atoms with E-state index in [0.29, 0.717) is 5.57 Å². The third-order valence-corrected chi connectivity index (χ3v) is 6.33. The zero-order valence-corrected chi connectivity index (χ0v) is 15.3. The van der Waals surface area contributed by atoms with Gasteiger partial charge in [-0.3, -0.25) is 4.79 Å². The predicted octanol–water partition coefficient (Wildman–Crippen LogP) is 4.13. The summed E-state index contributed by atoms with van der Waals surface area (Å²) in [7, 11) is 1.56. The van der Waals surface area contributed by atoms with Crippen LogP contribution in [0.1, 0.15) is 41.5 Å². The highest BCUT2D eigenvalue weighted by Gasteiger charge is 2.57. The van der Waals surface area contributed by atoms with E-state index < -0.39 is 0 Å². The van der Waals surface area contributed by atoms with Crippen LogP contribution in [0.3, 0.4) is 0 Å². The van der Waals surface area contributed by atoms with Crippen molar-refractivity contribution < 1.29 is 14.7 Å². The summed E-state index contributed by atoms with van der Waals surface area (Å²) in [5.41, 5.74) is 5.79. The van der Waals surface area contributed by atoms with Crippen molar-refractivity contribution in [2.45, 2.75) is 40.0 Å². The van der Waals surface area contributed by atoms with Crippen LogP contribution in [0.5, 0.6) is 0 Å². The van der Waals surface area contributed by atoms with Crippen LogP contribution in [0.15, 0.2) is 23.0 Å². The van der Waals surface area contributed by atoms with Gasteiger partial charge in [-0.1, -0.05) is 22.9 Å². The highest BCUT2D eigenvalue weighted by molar-refractivity contribution is 6.26. The van der Waals surface area contributed by atoms with E-state index in [0.717, 1.165) is 41.7 Å². The standard InChI is InChI=1S/C21H25NO3/c1-10-7-11(2)16(12(3)8-10)19-20(23)17-13-5-6-14(18(17)21(19)24)15(9-13)22-25-4/h7-8,13-14,17-18,24H,5-6,9H2,1-4H3/b22-15-/t13-,14+,17+,18-/m1/s1. The zero-order chi connectivity index (χ0) is 17.9. The molecule has 3 saturated carbocycles. The van der Waals surface area contributed by atoms with Crippen molar-refractivity contribution in [3.8, 4) is 0 Å². The summed E-state index contributed by atoms with van der Waals surface area (Å²) in [4.78, 5) is 18.3. The lowest BCUT2D eigenvalue weighted by molar-refractivity contribution is -0.121. The molecule has 0 unspecified atom stereocenters. The Kier molecular flexibility index (Phi) is 3.75. The summed E-state index contributed by atoms with van der Waals surface area (Å²) in [5.74, 6) is 0.588. The van der Waals surface area contributed by atoms with Crippen molar-refractivity contribution in [3.63, 3.8) is 0 Å². The Bertz CT molecular complexity index is 797. The minimum atomic E-state index is -0.121. The number of Topliss-reactive ketones (excluding diaryl/α,β-unsaturated/α-hetero) is 1. The maximum Gasteiger partial charge on any atom is 0.170 e. The Morgan fingerprint density at radius 2 is 1.80 bits per heavy atom. The van der Waals surface area contributed by atoms with Crippen molar-refractivity contribution in [1.82, 2.24) is 0 Å². The molecule has 132 valence electrons. The molecular weight excluding hydrogens is 314 g/mol. The summed E-state index contributed by atoms with van der Waals surface area (Å²) in [6.45, 7) is 6.11. The smallest absolute Gasteiger partial charge is 0.170 e. The Morgan fingerprint density at radius 1 is 1.12 bits per heavy atom. The van der Waals surface area contributed by atoms with E-state index in [1.165, 1.54) is 5.56 Å². The fourth-order valence-electron chi connectivity index (χ4n) is 5.56. The van der Waals surface area contributed by atoms with Crippen molar-refractivity contribution >= 4 is 17.1 Å². The van der Waals surface area contributed by atoms with Gasteiger partial charge >= 0.3 is 0 Å². The fraction of sp³-hybridized carbons (Fsp3) is 0.524.